The van der Waals surface area contributed by atoms with E-state index in [1.54, 1.807) is 30.3 Å². The molecular formula is C9H11N3O2. The zero-order chi connectivity index (χ0) is 10.4. The molecule has 0 aliphatic carbocycles. The van der Waals surface area contributed by atoms with Crippen molar-refractivity contribution in [2.24, 2.45) is 5.73 Å². The second-order valence-corrected chi connectivity index (χ2v) is 2.57. The van der Waals surface area contributed by atoms with Gasteiger partial charge in [-0.15, -0.1) is 0 Å². The summed E-state index contributed by atoms with van der Waals surface area (Å²) < 4.78 is 0. The molecule has 1 aromatic rings. The molecule has 0 saturated heterocycles. The van der Waals surface area contributed by atoms with E-state index in [-0.39, 0.29) is 12.5 Å². The first-order valence-electron chi connectivity index (χ1n) is 4.08. The molecule has 0 bridgehead atoms. The maximum Gasteiger partial charge on any atom is 0.269 e. The van der Waals surface area contributed by atoms with Gasteiger partial charge in [-0.3, -0.25) is 20.4 Å². The van der Waals surface area contributed by atoms with Gasteiger partial charge in [0.15, 0.2) is 0 Å². The number of nitrogens with two attached hydrogens (primary N) is 1. The van der Waals surface area contributed by atoms with Gasteiger partial charge in [-0.2, -0.15) is 0 Å². The van der Waals surface area contributed by atoms with Crippen molar-refractivity contribution in [3.8, 4) is 0 Å². The molecule has 1 aromatic carbocycles. The average Bonchev–Trinajstić information content (AvgIpc) is 2.26. The van der Waals surface area contributed by atoms with Crippen LogP contribution in [0.25, 0.3) is 0 Å². The highest BCUT2D eigenvalue weighted by atomic mass is 16.2. The standard InChI is InChI=1S/C9H11N3O2/c10-6-8(13)11-12-9(14)7-4-2-1-3-5-7/h1-5H,6,10H2,(H,11,13)(H,12,14). The SMILES string of the molecule is NCC(=O)NNC(=O)c1ccccc1. The first-order valence-corrected chi connectivity index (χ1v) is 4.08. The van der Waals surface area contributed by atoms with Gasteiger partial charge in [-0.25, -0.2) is 0 Å². The quantitative estimate of drug-likeness (QED) is 0.549. The topological polar surface area (TPSA) is 84.2 Å². The van der Waals surface area contributed by atoms with Gasteiger partial charge in [0.25, 0.3) is 11.8 Å². The van der Waals surface area contributed by atoms with Crippen LogP contribution in [0.1, 0.15) is 10.4 Å². The van der Waals surface area contributed by atoms with Crippen LogP contribution in [0.3, 0.4) is 0 Å². The molecule has 5 heteroatoms. The van der Waals surface area contributed by atoms with Gasteiger partial charge in [0.1, 0.15) is 0 Å². The second kappa shape index (κ2) is 4.98. The monoisotopic (exact) mass is 193 g/mol. The molecule has 0 unspecified atom stereocenters. The lowest BCUT2D eigenvalue weighted by atomic mass is 10.2. The summed E-state index contributed by atoms with van der Waals surface area (Å²) in [6.07, 6.45) is 0. The number of amides is 2. The van der Waals surface area contributed by atoms with E-state index in [1.165, 1.54) is 0 Å². The molecule has 14 heavy (non-hydrogen) atoms. The fourth-order valence-electron chi connectivity index (χ4n) is 0.839. The van der Waals surface area contributed by atoms with E-state index in [0.29, 0.717) is 5.56 Å². The molecule has 0 heterocycles. The summed E-state index contributed by atoms with van der Waals surface area (Å²) in [6.45, 7) is -0.158. The van der Waals surface area contributed by atoms with E-state index in [2.05, 4.69) is 10.9 Å². The van der Waals surface area contributed by atoms with Crippen LogP contribution in [-0.2, 0) is 4.79 Å². The van der Waals surface area contributed by atoms with Gasteiger partial charge < -0.3 is 5.73 Å². The van der Waals surface area contributed by atoms with Crippen LogP contribution in [0.2, 0.25) is 0 Å². The summed E-state index contributed by atoms with van der Waals surface area (Å²) in [4.78, 5) is 22.0. The molecule has 0 saturated carbocycles. The van der Waals surface area contributed by atoms with Crippen LogP contribution in [-0.4, -0.2) is 18.4 Å². The molecule has 5 nitrogen and oxygen atoms in total. The van der Waals surface area contributed by atoms with E-state index in [1.807, 2.05) is 0 Å². The van der Waals surface area contributed by atoms with Gasteiger partial charge in [-0.05, 0) is 12.1 Å². The lowest BCUT2D eigenvalue weighted by Gasteiger charge is -2.05. The summed E-state index contributed by atoms with van der Waals surface area (Å²) in [7, 11) is 0. The van der Waals surface area contributed by atoms with E-state index in [9.17, 15) is 9.59 Å². The first kappa shape index (κ1) is 10.2. The molecule has 0 aliphatic rings. The minimum atomic E-state index is -0.436. The number of carbonyl (C=O) groups is 2. The van der Waals surface area contributed by atoms with Crippen molar-refractivity contribution in [2.45, 2.75) is 0 Å². The highest BCUT2D eigenvalue weighted by molar-refractivity contribution is 5.95. The molecule has 74 valence electrons. The minimum absolute atomic E-state index is 0.158. The van der Waals surface area contributed by atoms with Crippen molar-refractivity contribution < 1.29 is 9.59 Å². The third-order valence-electron chi connectivity index (χ3n) is 1.54. The van der Waals surface area contributed by atoms with Gasteiger partial charge >= 0.3 is 0 Å². The van der Waals surface area contributed by atoms with Crippen molar-refractivity contribution in [3.05, 3.63) is 35.9 Å². The predicted molar refractivity (Wildman–Crippen MR) is 51.1 cm³/mol. The van der Waals surface area contributed by atoms with Crippen LogP contribution >= 0.6 is 0 Å². The lowest BCUT2D eigenvalue weighted by Crippen LogP contribution is -2.44. The van der Waals surface area contributed by atoms with Crippen molar-refractivity contribution in [3.63, 3.8) is 0 Å². The summed E-state index contributed by atoms with van der Waals surface area (Å²) in [5.41, 5.74) is 9.91. The maximum absolute atomic E-state index is 11.3. The maximum atomic E-state index is 11.3. The number of hydrogen-bond donors (Lipinski definition) is 3. The summed E-state index contributed by atoms with van der Waals surface area (Å²) in [5, 5.41) is 0. The van der Waals surface area contributed by atoms with Crippen LogP contribution in [0.15, 0.2) is 30.3 Å². The molecule has 0 fully saturated rings. The van der Waals surface area contributed by atoms with Gasteiger partial charge in [0.05, 0.1) is 6.54 Å². The van der Waals surface area contributed by atoms with Gasteiger partial charge in [-0.1, -0.05) is 18.2 Å². The van der Waals surface area contributed by atoms with E-state index < -0.39 is 5.91 Å². The highest BCUT2D eigenvalue weighted by Gasteiger charge is 2.04. The molecule has 0 radical (unpaired) electrons. The number of hydrazine groups is 1. The molecular weight excluding hydrogens is 182 g/mol. The Bertz CT molecular complexity index is 324. The third-order valence-corrected chi connectivity index (χ3v) is 1.54. The minimum Gasteiger partial charge on any atom is -0.322 e. The van der Waals surface area contributed by atoms with E-state index >= 15 is 0 Å². The van der Waals surface area contributed by atoms with Crippen LogP contribution in [0.5, 0.6) is 0 Å². The highest BCUT2D eigenvalue weighted by Crippen LogP contribution is 1.96. The van der Waals surface area contributed by atoms with Gasteiger partial charge in [0.2, 0.25) is 0 Å². The van der Waals surface area contributed by atoms with E-state index in [0.717, 1.165) is 0 Å². The number of rotatable bonds is 2. The molecule has 0 aliphatic heterocycles. The van der Waals surface area contributed by atoms with Gasteiger partial charge in [0, 0.05) is 5.56 Å². The first-order chi connectivity index (χ1) is 6.74. The van der Waals surface area contributed by atoms with Crippen LogP contribution in [0, 0.1) is 0 Å². The van der Waals surface area contributed by atoms with Crippen LogP contribution < -0.4 is 16.6 Å². The van der Waals surface area contributed by atoms with E-state index in [4.69, 9.17) is 5.73 Å². The van der Waals surface area contributed by atoms with Crippen LogP contribution in [0.4, 0.5) is 0 Å². The molecule has 2 amide bonds. The summed E-state index contributed by atoms with van der Waals surface area (Å²) in [6, 6.07) is 8.56. The van der Waals surface area contributed by atoms with Crippen molar-refractivity contribution in [2.75, 3.05) is 6.54 Å². The van der Waals surface area contributed by atoms with Crippen molar-refractivity contribution in [1.82, 2.24) is 10.9 Å². The van der Waals surface area contributed by atoms with Crippen molar-refractivity contribution in [1.29, 1.82) is 0 Å². The number of nitrogens with one attached hydrogen (secondary N) is 2. The Morgan fingerprint density at radius 3 is 2.36 bits per heavy atom. The fourth-order valence-corrected chi connectivity index (χ4v) is 0.839. The molecule has 0 atom stereocenters. The Morgan fingerprint density at radius 1 is 1.14 bits per heavy atom. The Labute approximate surface area is 81.3 Å². The summed E-state index contributed by atoms with van der Waals surface area (Å²) in [5.74, 6) is -0.804. The number of hydrogen-bond acceptors (Lipinski definition) is 3. The second-order valence-electron chi connectivity index (χ2n) is 2.57. The Balaban J connectivity index is 2.48. The normalized spacial score (nSPS) is 9.21. The molecule has 4 N–H and O–H groups in total. The fraction of sp³-hybridized carbons (Fsp3) is 0.111. The molecule has 1 rings (SSSR count). The van der Waals surface area contributed by atoms with Crippen molar-refractivity contribution >= 4 is 11.8 Å². The summed E-state index contributed by atoms with van der Waals surface area (Å²) >= 11 is 0. The zero-order valence-electron chi connectivity index (χ0n) is 7.49. The zero-order valence-corrected chi connectivity index (χ0v) is 7.49. The number of carbonyl (C=O) groups excluding carboxylic acids is 2. The lowest BCUT2D eigenvalue weighted by molar-refractivity contribution is -0.120. The Morgan fingerprint density at radius 2 is 1.79 bits per heavy atom. The molecule has 0 aromatic heterocycles. The average molecular weight is 193 g/mol. The Kier molecular flexibility index (Phi) is 3.63. The smallest absolute Gasteiger partial charge is 0.269 e. The third kappa shape index (κ3) is 2.87. The Hall–Kier alpha value is -1.88. The molecule has 0 spiro atoms. The predicted octanol–water partition coefficient (Wildman–Crippen LogP) is -0.594. The number of benzene rings is 1. The largest absolute Gasteiger partial charge is 0.322 e.